The minimum atomic E-state index is -0.445. The molecule has 0 fully saturated rings. The predicted octanol–water partition coefficient (Wildman–Crippen LogP) is -1.33. The van der Waals surface area contributed by atoms with Gasteiger partial charge in [0.25, 0.3) is 0 Å². The Balaban J connectivity index is 0. The smallest absolute Gasteiger partial charge is 0.0779 e. The monoisotopic (exact) mass is 253 g/mol. The average Bonchev–Trinajstić information content (AvgIpc) is 2.27. The Morgan fingerprint density at radius 1 is 1.06 bits per heavy atom. The molecule has 0 radical (unpaired) electrons. The third kappa shape index (κ3) is 18.3. The maximum Gasteiger partial charge on any atom is 0.0779 e. The molecule has 0 rings (SSSR count). The van der Waals surface area contributed by atoms with Gasteiger partial charge in [-0.2, -0.15) is 0 Å². The maximum absolute atomic E-state index is 8.69. The molecule has 0 amide bonds. The van der Waals surface area contributed by atoms with Crippen molar-refractivity contribution in [3.05, 3.63) is 0 Å². The first-order valence-electron chi connectivity index (χ1n) is 5.78. The molecule has 0 aromatic heterocycles. The highest BCUT2D eigenvalue weighted by molar-refractivity contribution is 4.47. The molecular weight excluding hydrogens is 226 g/mol. The number of aliphatic hydroxyl groups excluding tert-OH is 4. The minimum Gasteiger partial charge on any atom is -0.395 e. The molecule has 106 valence electrons. The molecule has 0 aliphatic carbocycles. The van der Waals surface area contributed by atoms with E-state index in [-0.39, 0.29) is 25.9 Å². The van der Waals surface area contributed by atoms with Crippen molar-refractivity contribution in [3.8, 4) is 0 Å². The van der Waals surface area contributed by atoms with Crippen molar-refractivity contribution >= 4 is 0 Å². The molecular formula is C11H27NO5. The molecule has 6 heteroatoms. The van der Waals surface area contributed by atoms with E-state index in [0.29, 0.717) is 19.7 Å². The number of nitrogens with zero attached hydrogens (tertiary/aromatic N) is 1. The molecule has 4 N–H and O–H groups in total. The summed E-state index contributed by atoms with van der Waals surface area (Å²) >= 11 is 0. The zero-order valence-electron chi connectivity index (χ0n) is 11.0. The van der Waals surface area contributed by atoms with Crippen molar-refractivity contribution < 1.29 is 25.2 Å². The van der Waals surface area contributed by atoms with Gasteiger partial charge in [0, 0.05) is 13.1 Å². The molecule has 2 unspecified atom stereocenters. The molecule has 0 aliphatic heterocycles. The summed E-state index contributed by atoms with van der Waals surface area (Å²) in [7, 11) is 1.85. The molecule has 0 aromatic carbocycles. The predicted molar refractivity (Wildman–Crippen MR) is 65.8 cm³/mol. The Bertz CT molecular complexity index is 140. The fourth-order valence-corrected chi connectivity index (χ4v) is 0.809. The van der Waals surface area contributed by atoms with Crippen LogP contribution in [0.5, 0.6) is 0 Å². The van der Waals surface area contributed by atoms with Crippen LogP contribution in [-0.4, -0.2) is 84.1 Å². The zero-order chi connectivity index (χ0) is 13.7. The zero-order valence-corrected chi connectivity index (χ0v) is 11.0. The quantitative estimate of drug-likeness (QED) is 0.428. The molecule has 0 heterocycles. The maximum atomic E-state index is 8.69. The molecule has 0 bridgehead atoms. The normalized spacial score (nSPS) is 14.1. The van der Waals surface area contributed by atoms with Crippen molar-refractivity contribution in [1.29, 1.82) is 0 Å². The van der Waals surface area contributed by atoms with Crippen molar-refractivity contribution in [2.45, 2.75) is 26.1 Å². The van der Waals surface area contributed by atoms with Crippen molar-refractivity contribution in [2.24, 2.45) is 0 Å². The molecule has 0 aliphatic rings. The standard InChI is InChI=1S/C6H14O3.C5H13NO2/c1-5(8)4-9-6(2)3-7;1-6(2-4-7)3-5-8/h5-8H,3-4H2,1-2H3;7-8H,2-5H2,1H3. The molecule has 17 heavy (non-hydrogen) atoms. The average molecular weight is 253 g/mol. The van der Waals surface area contributed by atoms with E-state index in [2.05, 4.69) is 0 Å². The van der Waals surface area contributed by atoms with Crippen molar-refractivity contribution in [3.63, 3.8) is 0 Å². The molecule has 2 atom stereocenters. The van der Waals surface area contributed by atoms with Gasteiger partial charge in [0.1, 0.15) is 0 Å². The van der Waals surface area contributed by atoms with Gasteiger partial charge in [-0.3, -0.25) is 0 Å². The number of aliphatic hydroxyl groups is 4. The van der Waals surface area contributed by atoms with E-state index >= 15 is 0 Å². The van der Waals surface area contributed by atoms with Crippen molar-refractivity contribution in [1.82, 2.24) is 4.90 Å². The van der Waals surface area contributed by atoms with Gasteiger partial charge in [-0.25, -0.2) is 0 Å². The van der Waals surface area contributed by atoms with E-state index in [0.717, 1.165) is 0 Å². The summed E-state index contributed by atoms with van der Waals surface area (Å²) < 4.78 is 4.95. The second-order valence-electron chi connectivity index (χ2n) is 3.93. The van der Waals surface area contributed by atoms with Gasteiger partial charge < -0.3 is 30.1 Å². The van der Waals surface area contributed by atoms with Gasteiger partial charge in [0.05, 0.1) is 38.6 Å². The van der Waals surface area contributed by atoms with Crippen LogP contribution < -0.4 is 0 Å². The first-order chi connectivity index (χ1) is 7.97. The summed E-state index contributed by atoms with van der Waals surface area (Å²) in [6, 6.07) is 0. The fraction of sp³-hybridized carbons (Fsp3) is 1.00. The van der Waals surface area contributed by atoms with E-state index in [1.807, 2.05) is 11.9 Å². The molecule has 6 nitrogen and oxygen atoms in total. The van der Waals surface area contributed by atoms with E-state index in [1.165, 1.54) is 0 Å². The van der Waals surface area contributed by atoms with Crippen LogP contribution in [0.1, 0.15) is 13.8 Å². The Morgan fingerprint density at radius 2 is 1.53 bits per heavy atom. The Hall–Kier alpha value is -0.240. The summed E-state index contributed by atoms with van der Waals surface area (Å²) in [6.07, 6.45) is -0.612. The lowest BCUT2D eigenvalue weighted by Gasteiger charge is -2.11. The van der Waals surface area contributed by atoms with E-state index in [4.69, 9.17) is 25.2 Å². The number of ether oxygens (including phenoxy) is 1. The van der Waals surface area contributed by atoms with Gasteiger partial charge in [-0.15, -0.1) is 0 Å². The summed E-state index contributed by atoms with van der Waals surface area (Å²) in [5.41, 5.74) is 0. The molecule has 0 aromatic rings. The van der Waals surface area contributed by atoms with Crippen LogP contribution in [0.15, 0.2) is 0 Å². The van der Waals surface area contributed by atoms with Crippen LogP contribution in [0.4, 0.5) is 0 Å². The van der Waals surface area contributed by atoms with Crippen LogP contribution in [0.3, 0.4) is 0 Å². The van der Waals surface area contributed by atoms with E-state index < -0.39 is 6.10 Å². The van der Waals surface area contributed by atoms with Crippen LogP contribution >= 0.6 is 0 Å². The summed E-state index contributed by atoms with van der Waals surface area (Å²) in [6.45, 7) is 5.30. The second-order valence-corrected chi connectivity index (χ2v) is 3.93. The number of hydrogen-bond acceptors (Lipinski definition) is 6. The lowest BCUT2D eigenvalue weighted by Crippen LogP contribution is -2.25. The van der Waals surface area contributed by atoms with Crippen molar-refractivity contribution in [2.75, 3.05) is 46.6 Å². The second kappa shape index (κ2) is 13.8. The highest BCUT2D eigenvalue weighted by Gasteiger charge is 2.00. The Morgan fingerprint density at radius 3 is 1.82 bits per heavy atom. The summed E-state index contributed by atoms with van der Waals surface area (Å²) in [4.78, 5) is 1.86. The summed E-state index contributed by atoms with van der Waals surface area (Å²) in [5.74, 6) is 0. The van der Waals surface area contributed by atoms with Crippen LogP contribution in [0.25, 0.3) is 0 Å². The van der Waals surface area contributed by atoms with E-state index in [9.17, 15) is 0 Å². The minimum absolute atomic E-state index is 0.00667. The fourth-order valence-electron chi connectivity index (χ4n) is 0.809. The van der Waals surface area contributed by atoms with Crippen LogP contribution in [-0.2, 0) is 4.74 Å². The highest BCUT2D eigenvalue weighted by Crippen LogP contribution is 1.90. The van der Waals surface area contributed by atoms with Gasteiger partial charge in [0.2, 0.25) is 0 Å². The molecule has 0 spiro atoms. The number of hydrogen-bond donors (Lipinski definition) is 4. The topological polar surface area (TPSA) is 93.4 Å². The lowest BCUT2D eigenvalue weighted by atomic mass is 10.4. The Kier molecular flexibility index (Phi) is 15.5. The SMILES string of the molecule is CC(O)COC(C)CO.CN(CCO)CCO. The van der Waals surface area contributed by atoms with Gasteiger partial charge in [0.15, 0.2) is 0 Å². The first-order valence-corrected chi connectivity index (χ1v) is 5.78. The summed E-state index contributed by atoms with van der Waals surface area (Å²) in [5, 5.41) is 33.8. The molecule has 0 saturated heterocycles. The number of rotatable bonds is 8. The molecule has 0 saturated carbocycles. The third-order valence-corrected chi connectivity index (χ3v) is 1.84. The number of likely N-dealkylation sites (N-methyl/N-ethyl adjacent to an activating group) is 1. The largest absolute Gasteiger partial charge is 0.395 e. The van der Waals surface area contributed by atoms with Gasteiger partial charge in [-0.1, -0.05) is 0 Å². The van der Waals surface area contributed by atoms with Crippen LogP contribution in [0.2, 0.25) is 0 Å². The first kappa shape index (κ1) is 19.1. The van der Waals surface area contributed by atoms with Gasteiger partial charge in [-0.05, 0) is 20.9 Å². The lowest BCUT2D eigenvalue weighted by molar-refractivity contribution is -0.0177. The van der Waals surface area contributed by atoms with Gasteiger partial charge >= 0.3 is 0 Å². The highest BCUT2D eigenvalue weighted by atomic mass is 16.5. The van der Waals surface area contributed by atoms with E-state index in [1.54, 1.807) is 13.8 Å². The Labute approximate surface area is 103 Å². The third-order valence-electron chi connectivity index (χ3n) is 1.84. The van der Waals surface area contributed by atoms with Crippen LogP contribution in [0, 0.1) is 0 Å².